The molecule has 0 N–H and O–H groups in total. The lowest BCUT2D eigenvalue weighted by atomic mass is 10.1. The number of rotatable bonds is 4. The predicted molar refractivity (Wildman–Crippen MR) is 82.5 cm³/mol. The van der Waals surface area contributed by atoms with Crippen LogP contribution in [0.1, 0.15) is 28.5 Å². The molecule has 104 valence electrons. The van der Waals surface area contributed by atoms with E-state index in [2.05, 4.69) is 5.10 Å². The maximum atomic E-state index is 12.1. The molecule has 0 saturated carbocycles. The maximum absolute atomic E-state index is 12.1. The van der Waals surface area contributed by atoms with Crippen LogP contribution >= 0.6 is 23.2 Å². The summed E-state index contributed by atoms with van der Waals surface area (Å²) in [5, 5.41) is 5.09. The Hall–Kier alpha value is -1.58. The summed E-state index contributed by atoms with van der Waals surface area (Å²) in [4.78, 5) is 12.1. The number of carbonyl (C=O) groups is 1. The summed E-state index contributed by atoms with van der Waals surface area (Å²) in [6, 6.07) is 4.83. The van der Waals surface area contributed by atoms with Crippen molar-refractivity contribution in [2.45, 2.75) is 20.4 Å². The molecule has 2 rings (SSSR count). The second-order valence-electron chi connectivity index (χ2n) is 4.32. The van der Waals surface area contributed by atoms with Crippen molar-refractivity contribution in [1.82, 2.24) is 9.78 Å². The van der Waals surface area contributed by atoms with Gasteiger partial charge in [0.05, 0.1) is 11.2 Å². The number of halogens is 2. The van der Waals surface area contributed by atoms with E-state index in [0.29, 0.717) is 15.6 Å². The Kier molecular flexibility index (Phi) is 4.63. The first kappa shape index (κ1) is 14.8. The van der Waals surface area contributed by atoms with Crippen LogP contribution in [0.3, 0.4) is 0 Å². The van der Waals surface area contributed by atoms with Crippen LogP contribution in [0.2, 0.25) is 10.0 Å². The molecule has 20 heavy (non-hydrogen) atoms. The lowest BCUT2D eigenvalue weighted by molar-refractivity contribution is 0.104. The molecule has 2 aromatic rings. The average Bonchev–Trinajstić information content (AvgIpc) is 2.76. The van der Waals surface area contributed by atoms with Gasteiger partial charge < -0.3 is 0 Å². The Labute approximate surface area is 127 Å². The van der Waals surface area contributed by atoms with Crippen molar-refractivity contribution in [2.75, 3.05) is 0 Å². The van der Waals surface area contributed by atoms with Gasteiger partial charge >= 0.3 is 0 Å². The Morgan fingerprint density at radius 3 is 2.75 bits per heavy atom. The molecule has 0 saturated heterocycles. The van der Waals surface area contributed by atoms with Gasteiger partial charge in [0, 0.05) is 28.4 Å². The number of hydrogen-bond acceptors (Lipinski definition) is 2. The van der Waals surface area contributed by atoms with Crippen LogP contribution in [-0.4, -0.2) is 15.6 Å². The zero-order valence-electron chi connectivity index (χ0n) is 11.2. The number of allylic oxidation sites excluding steroid dienone is 1. The zero-order valence-corrected chi connectivity index (χ0v) is 12.7. The Morgan fingerprint density at radius 1 is 1.40 bits per heavy atom. The fraction of sp³-hybridized carbons (Fsp3) is 0.200. The van der Waals surface area contributed by atoms with Gasteiger partial charge in [-0.05, 0) is 44.2 Å². The van der Waals surface area contributed by atoms with Crippen molar-refractivity contribution in [2.24, 2.45) is 0 Å². The number of aryl methyl sites for hydroxylation is 1. The molecule has 0 aliphatic carbocycles. The van der Waals surface area contributed by atoms with Crippen LogP contribution in [0.4, 0.5) is 0 Å². The van der Waals surface area contributed by atoms with Crippen LogP contribution in [0.15, 0.2) is 30.5 Å². The summed E-state index contributed by atoms with van der Waals surface area (Å²) in [5.41, 5.74) is 2.39. The topological polar surface area (TPSA) is 34.9 Å². The summed E-state index contributed by atoms with van der Waals surface area (Å²) in [5.74, 6) is -0.157. The van der Waals surface area contributed by atoms with Gasteiger partial charge in [-0.2, -0.15) is 5.10 Å². The van der Waals surface area contributed by atoms with E-state index in [-0.39, 0.29) is 5.78 Å². The fourth-order valence-electron chi connectivity index (χ4n) is 1.89. The Balaban J connectivity index is 2.22. The summed E-state index contributed by atoms with van der Waals surface area (Å²) >= 11 is 11.8. The first-order valence-electron chi connectivity index (χ1n) is 6.22. The van der Waals surface area contributed by atoms with Gasteiger partial charge in [-0.25, -0.2) is 0 Å². The van der Waals surface area contributed by atoms with Gasteiger partial charge in [0.1, 0.15) is 0 Å². The van der Waals surface area contributed by atoms with E-state index in [4.69, 9.17) is 23.2 Å². The molecule has 0 atom stereocenters. The molecule has 0 aliphatic rings. The van der Waals surface area contributed by atoms with Crippen molar-refractivity contribution < 1.29 is 4.79 Å². The van der Waals surface area contributed by atoms with Gasteiger partial charge in [0.15, 0.2) is 5.78 Å². The van der Waals surface area contributed by atoms with Gasteiger partial charge in [0.2, 0.25) is 0 Å². The van der Waals surface area contributed by atoms with Crippen molar-refractivity contribution in [1.29, 1.82) is 0 Å². The fourth-order valence-corrected chi connectivity index (χ4v) is 2.39. The van der Waals surface area contributed by atoms with Crippen LogP contribution < -0.4 is 0 Å². The summed E-state index contributed by atoms with van der Waals surface area (Å²) < 4.78 is 1.87. The highest BCUT2D eigenvalue weighted by Gasteiger charge is 2.08. The van der Waals surface area contributed by atoms with Crippen molar-refractivity contribution in [3.05, 3.63) is 57.3 Å². The molecule has 3 nitrogen and oxygen atoms in total. The largest absolute Gasteiger partial charge is 0.289 e. The highest BCUT2D eigenvalue weighted by atomic mass is 35.5. The summed E-state index contributed by atoms with van der Waals surface area (Å²) in [7, 11) is 0. The van der Waals surface area contributed by atoms with Crippen LogP contribution in [0.5, 0.6) is 0 Å². The molecule has 0 radical (unpaired) electrons. The maximum Gasteiger partial charge on any atom is 0.187 e. The number of aromatic nitrogens is 2. The number of hydrogen-bond donors (Lipinski definition) is 0. The SMILES string of the molecule is CCn1ncc(/C=C/C(=O)c2ccc(Cl)cc2Cl)c1C. The molecule has 0 unspecified atom stereocenters. The van der Waals surface area contributed by atoms with Gasteiger partial charge in [-0.3, -0.25) is 9.48 Å². The van der Waals surface area contributed by atoms with Crippen molar-refractivity contribution >= 4 is 35.1 Å². The lowest BCUT2D eigenvalue weighted by Crippen LogP contribution is -1.98. The van der Waals surface area contributed by atoms with Gasteiger partial charge in [0.25, 0.3) is 0 Å². The van der Waals surface area contributed by atoms with Crippen molar-refractivity contribution in [3.63, 3.8) is 0 Å². The molecule has 0 fully saturated rings. The molecule has 0 aliphatic heterocycles. The van der Waals surface area contributed by atoms with Gasteiger partial charge in [-0.15, -0.1) is 0 Å². The highest BCUT2D eigenvalue weighted by Crippen LogP contribution is 2.22. The molecular formula is C15H14Cl2N2O. The van der Waals surface area contributed by atoms with E-state index in [9.17, 15) is 4.79 Å². The van der Waals surface area contributed by atoms with Crippen LogP contribution in [-0.2, 0) is 6.54 Å². The molecule has 0 amide bonds. The first-order chi connectivity index (χ1) is 9.52. The quantitative estimate of drug-likeness (QED) is 0.619. The van der Waals surface area contributed by atoms with Crippen molar-refractivity contribution in [3.8, 4) is 0 Å². The van der Waals surface area contributed by atoms with E-state index < -0.39 is 0 Å². The average molecular weight is 309 g/mol. The summed E-state index contributed by atoms with van der Waals surface area (Å²) in [6.45, 7) is 4.79. The van der Waals surface area contributed by atoms with E-state index in [1.807, 2.05) is 18.5 Å². The summed E-state index contributed by atoms with van der Waals surface area (Å²) in [6.07, 6.45) is 4.99. The third-order valence-corrected chi connectivity index (χ3v) is 3.60. The minimum absolute atomic E-state index is 0.157. The lowest BCUT2D eigenvalue weighted by Gasteiger charge is -2.00. The van der Waals surface area contributed by atoms with E-state index in [1.54, 1.807) is 30.5 Å². The first-order valence-corrected chi connectivity index (χ1v) is 6.98. The van der Waals surface area contributed by atoms with Crippen LogP contribution in [0.25, 0.3) is 6.08 Å². The molecular weight excluding hydrogens is 295 g/mol. The van der Waals surface area contributed by atoms with Crippen LogP contribution in [0, 0.1) is 6.92 Å². The zero-order chi connectivity index (χ0) is 14.7. The van der Waals surface area contributed by atoms with Gasteiger partial charge in [-0.1, -0.05) is 23.2 Å². The predicted octanol–water partition coefficient (Wildman–Crippen LogP) is 4.41. The smallest absolute Gasteiger partial charge is 0.187 e. The molecule has 0 bridgehead atoms. The van der Waals surface area contributed by atoms with E-state index >= 15 is 0 Å². The Bertz CT molecular complexity index is 675. The monoisotopic (exact) mass is 308 g/mol. The molecule has 1 heterocycles. The second-order valence-corrected chi connectivity index (χ2v) is 5.17. The standard InChI is InChI=1S/C15H14Cl2N2O/c1-3-19-10(2)11(9-18-19)4-7-15(20)13-6-5-12(16)8-14(13)17/h4-9H,3H2,1-2H3/b7-4+. The number of benzene rings is 1. The Morgan fingerprint density at radius 2 is 2.15 bits per heavy atom. The number of nitrogens with zero attached hydrogens (tertiary/aromatic N) is 2. The minimum Gasteiger partial charge on any atom is -0.289 e. The second kappa shape index (κ2) is 6.25. The third-order valence-electron chi connectivity index (χ3n) is 3.05. The van der Waals surface area contributed by atoms with E-state index in [0.717, 1.165) is 17.8 Å². The molecule has 1 aromatic heterocycles. The molecule has 1 aromatic carbocycles. The molecule has 0 spiro atoms. The number of ketones is 1. The minimum atomic E-state index is -0.157. The normalized spacial score (nSPS) is 11.2. The molecule has 5 heteroatoms. The number of carbonyl (C=O) groups excluding carboxylic acids is 1. The van der Waals surface area contributed by atoms with E-state index in [1.165, 1.54) is 6.08 Å². The highest BCUT2D eigenvalue weighted by molar-refractivity contribution is 6.37. The third kappa shape index (κ3) is 3.11.